The van der Waals surface area contributed by atoms with Gasteiger partial charge in [0.2, 0.25) is 5.91 Å². The van der Waals surface area contributed by atoms with Crippen LogP contribution in [0.25, 0.3) is 0 Å². The number of hydrogen-bond acceptors (Lipinski definition) is 4. The molecular weight excluding hydrogens is 359 g/mol. The molecule has 0 spiro atoms. The number of rotatable bonds is 6. The average Bonchev–Trinajstić information content (AvgIpc) is 3.13. The topological polar surface area (TPSA) is 68.1 Å². The molecular formula is C18H14ClFN4O2. The highest BCUT2D eigenvalue weighted by atomic mass is 35.5. The molecule has 26 heavy (non-hydrogen) atoms. The van der Waals surface area contributed by atoms with Crippen molar-refractivity contribution in [2.45, 2.75) is 6.54 Å². The summed E-state index contributed by atoms with van der Waals surface area (Å²) in [6, 6.07) is 12.1. The van der Waals surface area contributed by atoms with Crippen LogP contribution in [0.4, 0.5) is 10.1 Å². The second-order valence-corrected chi connectivity index (χ2v) is 5.89. The minimum absolute atomic E-state index is 0.0277. The number of anilines is 1. The lowest BCUT2D eigenvalue weighted by Gasteiger charge is -2.22. The first kappa shape index (κ1) is 17.8. The maximum Gasteiger partial charge on any atom is 0.249 e. The number of amides is 1. The molecule has 132 valence electrons. The molecule has 8 heteroatoms. The number of Topliss-reactive ketones (excluding diaryl/α,β-unsaturated/α-hetero) is 1. The Morgan fingerprint density at radius 3 is 2.50 bits per heavy atom. The van der Waals surface area contributed by atoms with Crippen molar-refractivity contribution < 1.29 is 14.0 Å². The van der Waals surface area contributed by atoms with E-state index in [-0.39, 0.29) is 24.6 Å². The summed E-state index contributed by atoms with van der Waals surface area (Å²) in [6.45, 7) is -0.474. The van der Waals surface area contributed by atoms with Crippen molar-refractivity contribution in [2.24, 2.45) is 0 Å². The number of hydrogen-bond donors (Lipinski definition) is 0. The normalized spacial score (nSPS) is 10.5. The molecule has 0 unspecified atom stereocenters. The molecule has 0 bridgehead atoms. The lowest BCUT2D eigenvalue weighted by Crippen LogP contribution is -2.38. The number of ketones is 1. The van der Waals surface area contributed by atoms with Gasteiger partial charge < -0.3 is 4.90 Å². The van der Waals surface area contributed by atoms with Gasteiger partial charge in [0.15, 0.2) is 5.78 Å². The summed E-state index contributed by atoms with van der Waals surface area (Å²) >= 11 is 5.83. The highest BCUT2D eigenvalue weighted by Crippen LogP contribution is 2.20. The molecule has 0 atom stereocenters. The summed E-state index contributed by atoms with van der Waals surface area (Å²) in [5.74, 6) is -1.41. The van der Waals surface area contributed by atoms with Crippen LogP contribution < -0.4 is 4.90 Å². The largest absolute Gasteiger partial charge is 0.300 e. The van der Waals surface area contributed by atoms with E-state index in [1.54, 1.807) is 30.3 Å². The van der Waals surface area contributed by atoms with Crippen molar-refractivity contribution in [1.29, 1.82) is 0 Å². The third-order valence-corrected chi connectivity index (χ3v) is 3.93. The molecule has 1 aromatic heterocycles. The third kappa shape index (κ3) is 4.12. The van der Waals surface area contributed by atoms with Gasteiger partial charge in [0.05, 0.1) is 12.2 Å². The standard InChI is InChI=1S/C18H14ClFN4O2/c19-14-7-5-13(6-8-14)17(25)9-24(16-4-2-1-3-15(16)20)18(26)10-23-12-21-11-22-23/h1-8,11-12H,9-10H2. The van der Waals surface area contributed by atoms with Crippen molar-refractivity contribution in [3.8, 4) is 0 Å². The van der Waals surface area contributed by atoms with Crippen LogP contribution in [0.2, 0.25) is 5.02 Å². The number of carbonyl (C=O) groups excluding carboxylic acids is 2. The van der Waals surface area contributed by atoms with E-state index in [1.807, 2.05) is 0 Å². The zero-order valence-corrected chi connectivity index (χ0v) is 14.3. The summed E-state index contributed by atoms with van der Waals surface area (Å²) in [6.07, 6.45) is 2.66. The molecule has 0 N–H and O–H groups in total. The zero-order chi connectivity index (χ0) is 18.5. The van der Waals surface area contributed by atoms with Gasteiger partial charge in [-0.1, -0.05) is 23.7 Å². The van der Waals surface area contributed by atoms with Crippen molar-refractivity contribution in [1.82, 2.24) is 14.8 Å². The van der Waals surface area contributed by atoms with E-state index < -0.39 is 11.7 Å². The molecule has 1 amide bonds. The Labute approximate surface area is 153 Å². The third-order valence-electron chi connectivity index (χ3n) is 3.68. The van der Waals surface area contributed by atoms with E-state index in [2.05, 4.69) is 10.1 Å². The monoisotopic (exact) mass is 372 g/mol. The molecule has 0 aliphatic carbocycles. The van der Waals surface area contributed by atoms with E-state index >= 15 is 0 Å². The van der Waals surface area contributed by atoms with Crippen molar-refractivity contribution in [3.63, 3.8) is 0 Å². The fraction of sp³-hybridized carbons (Fsp3) is 0.111. The van der Waals surface area contributed by atoms with Crippen LogP contribution in [0.15, 0.2) is 61.2 Å². The molecule has 0 aliphatic heterocycles. The van der Waals surface area contributed by atoms with Crippen LogP contribution in [0.5, 0.6) is 0 Å². The van der Waals surface area contributed by atoms with Gasteiger partial charge in [-0.3, -0.25) is 9.59 Å². The first-order valence-electron chi connectivity index (χ1n) is 7.70. The number of nitrogens with zero attached hydrogens (tertiary/aromatic N) is 4. The molecule has 0 aliphatic rings. The molecule has 6 nitrogen and oxygen atoms in total. The van der Waals surface area contributed by atoms with Gasteiger partial charge in [-0.2, -0.15) is 5.10 Å². The van der Waals surface area contributed by atoms with Crippen LogP contribution in [0, 0.1) is 5.82 Å². The molecule has 0 fully saturated rings. The van der Waals surface area contributed by atoms with E-state index in [1.165, 1.54) is 35.5 Å². The maximum atomic E-state index is 14.2. The first-order chi connectivity index (χ1) is 12.5. The molecule has 1 heterocycles. The summed E-state index contributed by atoms with van der Waals surface area (Å²) in [4.78, 5) is 30.1. The van der Waals surface area contributed by atoms with Gasteiger partial charge in [0, 0.05) is 10.6 Å². The van der Waals surface area contributed by atoms with E-state index in [0.717, 1.165) is 4.90 Å². The summed E-state index contributed by atoms with van der Waals surface area (Å²) in [7, 11) is 0. The van der Waals surface area contributed by atoms with Gasteiger partial charge in [-0.25, -0.2) is 14.1 Å². The molecule has 2 aromatic carbocycles. The number of carbonyl (C=O) groups is 2. The predicted molar refractivity (Wildman–Crippen MR) is 94.6 cm³/mol. The second kappa shape index (κ2) is 7.88. The Kier molecular flexibility index (Phi) is 5.38. The van der Waals surface area contributed by atoms with Crippen molar-refractivity contribution in [2.75, 3.05) is 11.4 Å². The van der Waals surface area contributed by atoms with Crippen LogP contribution in [0.3, 0.4) is 0 Å². The van der Waals surface area contributed by atoms with Crippen LogP contribution >= 0.6 is 11.6 Å². The quantitative estimate of drug-likeness (QED) is 0.624. The first-order valence-corrected chi connectivity index (χ1v) is 8.08. The van der Waals surface area contributed by atoms with Gasteiger partial charge in [0.25, 0.3) is 0 Å². The van der Waals surface area contributed by atoms with Gasteiger partial charge in [-0.05, 0) is 36.4 Å². The number of benzene rings is 2. The highest BCUT2D eigenvalue weighted by molar-refractivity contribution is 6.30. The van der Waals surface area contributed by atoms with Gasteiger partial charge in [-0.15, -0.1) is 0 Å². The van der Waals surface area contributed by atoms with E-state index in [0.29, 0.717) is 10.6 Å². The van der Waals surface area contributed by atoms with Crippen LogP contribution in [-0.2, 0) is 11.3 Å². The van der Waals surface area contributed by atoms with E-state index in [9.17, 15) is 14.0 Å². The Balaban J connectivity index is 1.87. The number of aromatic nitrogens is 3. The fourth-order valence-electron chi connectivity index (χ4n) is 2.39. The average molecular weight is 373 g/mol. The predicted octanol–water partition coefficient (Wildman–Crippen LogP) is 2.99. The van der Waals surface area contributed by atoms with Crippen molar-refractivity contribution >= 4 is 29.0 Å². The summed E-state index contributed by atoms with van der Waals surface area (Å²) < 4.78 is 15.5. The molecule has 3 aromatic rings. The lowest BCUT2D eigenvalue weighted by molar-refractivity contribution is -0.119. The van der Waals surface area contributed by atoms with Gasteiger partial charge >= 0.3 is 0 Å². The fourth-order valence-corrected chi connectivity index (χ4v) is 2.51. The zero-order valence-electron chi connectivity index (χ0n) is 13.5. The Bertz CT molecular complexity index is 913. The SMILES string of the molecule is O=C(CN(C(=O)Cn1cncn1)c1ccccc1F)c1ccc(Cl)cc1. The maximum absolute atomic E-state index is 14.2. The Morgan fingerprint density at radius 1 is 1.12 bits per heavy atom. The molecule has 0 radical (unpaired) electrons. The minimum Gasteiger partial charge on any atom is -0.300 e. The smallest absolute Gasteiger partial charge is 0.249 e. The highest BCUT2D eigenvalue weighted by Gasteiger charge is 2.23. The summed E-state index contributed by atoms with van der Waals surface area (Å²) in [5.41, 5.74) is 0.407. The van der Waals surface area contributed by atoms with Gasteiger partial charge in [0.1, 0.15) is 25.0 Å². The Morgan fingerprint density at radius 2 is 1.85 bits per heavy atom. The molecule has 0 saturated heterocycles. The molecule has 0 saturated carbocycles. The number of halogens is 2. The Hall–Kier alpha value is -3.06. The van der Waals surface area contributed by atoms with Crippen LogP contribution in [-0.4, -0.2) is 33.0 Å². The summed E-state index contributed by atoms with van der Waals surface area (Å²) in [5, 5.41) is 4.36. The second-order valence-electron chi connectivity index (χ2n) is 5.45. The minimum atomic E-state index is -0.594. The lowest BCUT2D eigenvalue weighted by atomic mass is 10.1. The van der Waals surface area contributed by atoms with Crippen molar-refractivity contribution in [3.05, 3.63) is 77.6 Å². The van der Waals surface area contributed by atoms with E-state index in [4.69, 9.17) is 11.6 Å². The number of para-hydroxylation sites is 1. The van der Waals surface area contributed by atoms with Crippen LogP contribution in [0.1, 0.15) is 10.4 Å². The molecule has 3 rings (SSSR count).